The van der Waals surface area contributed by atoms with Crippen molar-refractivity contribution >= 4 is 35.0 Å². The molecule has 4 heteroatoms. The van der Waals surface area contributed by atoms with Crippen LogP contribution in [0.5, 0.6) is 0 Å². The van der Waals surface area contributed by atoms with Gasteiger partial charge in [-0.2, -0.15) is 0 Å². The molecule has 0 spiro atoms. The number of carbonyl (C=O) groups excluding carboxylic acids is 1. The van der Waals surface area contributed by atoms with Crippen molar-refractivity contribution in [1.82, 2.24) is 0 Å². The van der Waals surface area contributed by atoms with Crippen LogP contribution < -0.4 is 5.11 Å². The quantitative estimate of drug-likeness (QED) is 0.249. The van der Waals surface area contributed by atoms with Gasteiger partial charge in [0.05, 0.1) is 0 Å². The minimum atomic E-state index is -0.146. The van der Waals surface area contributed by atoms with Gasteiger partial charge in [0, 0.05) is 34.1 Å². The normalized spacial score (nSPS) is 18.1. The minimum Gasteiger partial charge on any atom is -0.871 e. The molecule has 0 fully saturated rings. The summed E-state index contributed by atoms with van der Waals surface area (Å²) < 4.78 is 0. The Morgan fingerprint density at radius 1 is 0.750 bits per heavy atom. The van der Waals surface area contributed by atoms with E-state index in [9.17, 15) is 9.90 Å². The second-order valence-electron chi connectivity index (χ2n) is 15.8. The van der Waals surface area contributed by atoms with Crippen LogP contribution in [0.25, 0.3) is 6.08 Å². The van der Waals surface area contributed by atoms with Crippen LogP contribution in [-0.2, 0) is 15.6 Å². The van der Waals surface area contributed by atoms with Crippen molar-refractivity contribution in [3.05, 3.63) is 78.0 Å². The Bertz CT molecular complexity index is 1240. The van der Waals surface area contributed by atoms with Gasteiger partial charge >= 0.3 is 0 Å². The fraction of sp³-hybridized carbons (Fsp3) is 0.556. The summed E-state index contributed by atoms with van der Waals surface area (Å²) in [7, 11) is 0. The smallest absolute Gasteiger partial charge is 0.219 e. The zero-order chi connectivity index (χ0) is 30.3. The number of hydrogen-bond donors (Lipinski definition) is 0. The summed E-state index contributed by atoms with van der Waals surface area (Å²) >= 11 is 3.68. The lowest BCUT2D eigenvalue weighted by molar-refractivity contribution is -0.300. The number of rotatable bonds is 6. The third kappa shape index (κ3) is 9.05. The molecule has 218 valence electrons. The Kier molecular flexibility index (Phi) is 9.59. The standard InChI is InChI=1S/C36H50O2S2/c1-33(2,3)15-13-25-17-23(18-26(39-25)14-16-34(4,5)6)19-27-31(37)28(32(27)38)20-24-21-29(35(7,8)9)40-30(22-24)36(10,11)12/h17-22H,13-16H2,1-12H3. The molecular formula is C36H50O2S2. The molecule has 0 N–H and O–H groups in total. The summed E-state index contributed by atoms with van der Waals surface area (Å²) in [6.07, 6.45) is 12.2. The van der Waals surface area contributed by atoms with Crippen molar-refractivity contribution in [1.29, 1.82) is 0 Å². The molecule has 0 bridgehead atoms. The van der Waals surface area contributed by atoms with Crippen molar-refractivity contribution in [3.63, 3.8) is 0 Å². The van der Waals surface area contributed by atoms with Crippen LogP contribution in [-0.4, -0.2) is 5.78 Å². The van der Waals surface area contributed by atoms with Gasteiger partial charge in [0.15, 0.2) is 5.78 Å². The maximum Gasteiger partial charge on any atom is 0.219 e. The third-order valence-corrected chi connectivity index (χ3v) is 10.1. The number of thioether (sulfide) groups is 1. The summed E-state index contributed by atoms with van der Waals surface area (Å²) in [6.45, 7) is 26.8. The van der Waals surface area contributed by atoms with E-state index < -0.39 is 0 Å². The highest BCUT2D eigenvalue weighted by molar-refractivity contribution is 8.06. The van der Waals surface area contributed by atoms with E-state index in [1.165, 1.54) is 19.6 Å². The molecule has 2 aliphatic rings. The average Bonchev–Trinajstić information content (AvgIpc) is 2.81. The van der Waals surface area contributed by atoms with Gasteiger partial charge in [-0.3, -0.25) is 4.79 Å². The fourth-order valence-corrected chi connectivity index (χ4v) is 6.71. The topological polar surface area (TPSA) is 40.1 Å². The SMILES string of the molecule is CC(C)(C)CCC1=CC(=CC2=C([O-])C(=Cc3cc(C(C)(C)C)[s+]c(C(C)(C)C)c3)C2=O)C=C(CCC(C)(C)C)S1. The largest absolute Gasteiger partial charge is 0.871 e. The van der Waals surface area contributed by atoms with Crippen molar-refractivity contribution in [3.8, 4) is 0 Å². The molecule has 0 aromatic carbocycles. The van der Waals surface area contributed by atoms with Crippen LogP contribution >= 0.6 is 23.1 Å². The Morgan fingerprint density at radius 3 is 1.57 bits per heavy atom. The summed E-state index contributed by atoms with van der Waals surface area (Å²) in [5.41, 5.74) is 2.98. The number of ketones is 1. The van der Waals surface area contributed by atoms with Crippen LogP contribution in [0.1, 0.15) is 124 Å². The number of carbonyl (C=O) groups is 1. The molecule has 0 radical (unpaired) electrons. The second-order valence-corrected chi connectivity index (χ2v) is 18.2. The maximum atomic E-state index is 13.3. The van der Waals surface area contributed by atoms with Crippen molar-refractivity contribution < 1.29 is 9.90 Å². The minimum absolute atomic E-state index is 0.0123. The van der Waals surface area contributed by atoms with Gasteiger partial charge in [-0.05, 0) is 81.8 Å². The molecule has 0 unspecified atom stereocenters. The number of allylic oxidation sites excluding steroid dienone is 8. The highest BCUT2D eigenvalue weighted by Crippen LogP contribution is 2.42. The third-order valence-electron chi connectivity index (χ3n) is 7.05. The lowest BCUT2D eigenvalue weighted by Gasteiger charge is -2.29. The fourth-order valence-electron chi connectivity index (χ4n) is 4.34. The summed E-state index contributed by atoms with van der Waals surface area (Å²) in [5, 5.41) is 13.3. The van der Waals surface area contributed by atoms with E-state index in [1.807, 2.05) is 29.2 Å². The van der Waals surface area contributed by atoms with Crippen LogP contribution in [0.2, 0.25) is 0 Å². The Labute approximate surface area is 252 Å². The molecule has 0 atom stereocenters. The Hall–Kier alpha value is -1.91. The van der Waals surface area contributed by atoms with Gasteiger partial charge in [0.2, 0.25) is 21.1 Å². The molecule has 1 aromatic rings. The molecule has 0 amide bonds. The van der Waals surface area contributed by atoms with E-state index in [4.69, 9.17) is 0 Å². The molecule has 0 saturated carbocycles. The van der Waals surface area contributed by atoms with Crippen LogP contribution in [0.3, 0.4) is 0 Å². The van der Waals surface area contributed by atoms with Gasteiger partial charge in [-0.25, -0.2) is 0 Å². The molecule has 40 heavy (non-hydrogen) atoms. The molecular weight excluding hydrogens is 529 g/mol. The van der Waals surface area contributed by atoms with Gasteiger partial charge in [0.1, 0.15) is 0 Å². The zero-order valence-electron chi connectivity index (χ0n) is 26.9. The zero-order valence-corrected chi connectivity index (χ0v) is 28.6. The first-order chi connectivity index (χ1) is 18.1. The van der Waals surface area contributed by atoms with E-state index in [0.29, 0.717) is 11.1 Å². The summed E-state index contributed by atoms with van der Waals surface area (Å²) in [5.74, 6) is -0.292. The van der Waals surface area contributed by atoms with Crippen molar-refractivity contribution in [2.45, 2.75) is 120 Å². The summed E-state index contributed by atoms with van der Waals surface area (Å²) in [4.78, 5) is 18.4. The first-order valence-corrected chi connectivity index (χ1v) is 16.2. The highest BCUT2D eigenvalue weighted by atomic mass is 32.2. The highest BCUT2D eigenvalue weighted by Gasteiger charge is 2.33. The molecule has 3 rings (SSSR count). The van der Waals surface area contributed by atoms with Crippen LogP contribution in [0, 0.1) is 10.8 Å². The van der Waals surface area contributed by atoms with Gasteiger partial charge in [0.25, 0.3) is 0 Å². The monoisotopic (exact) mass is 578 g/mol. The van der Waals surface area contributed by atoms with Crippen LogP contribution in [0.15, 0.2) is 62.6 Å². The van der Waals surface area contributed by atoms with E-state index >= 15 is 0 Å². The lowest BCUT2D eigenvalue weighted by atomic mass is 9.84. The first kappa shape index (κ1) is 32.6. The number of hydrogen-bond acceptors (Lipinski definition) is 3. The molecule has 2 nitrogen and oxygen atoms in total. The predicted octanol–water partition coefficient (Wildman–Crippen LogP) is 10.3. The van der Waals surface area contributed by atoms with Crippen molar-refractivity contribution in [2.75, 3.05) is 0 Å². The summed E-state index contributed by atoms with van der Waals surface area (Å²) in [6, 6.07) is 4.27. The Morgan fingerprint density at radius 2 is 1.20 bits per heavy atom. The van der Waals surface area contributed by atoms with Gasteiger partial charge < -0.3 is 5.11 Å². The Balaban J connectivity index is 1.98. The maximum absolute atomic E-state index is 13.3. The molecule has 2 heterocycles. The van der Waals surface area contributed by atoms with E-state index in [0.717, 1.165) is 36.8 Å². The van der Waals surface area contributed by atoms with Gasteiger partial charge in [-0.15, -0.1) is 0 Å². The molecule has 1 aromatic heterocycles. The second kappa shape index (κ2) is 11.8. The molecule has 1 aliphatic heterocycles. The van der Waals surface area contributed by atoms with E-state index in [-0.39, 0.29) is 33.2 Å². The van der Waals surface area contributed by atoms with Crippen molar-refractivity contribution in [2.24, 2.45) is 10.8 Å². The molecule has 1 aliphatic carbocycles. The first-order valence-electron chi connectivity index (χ1n) is 14.6. The van der Waals surface area contributed by atoms with E-state index in [1.54, 1.807) is 6.08 Å². The molecule has 0 saturated heterocycles. The number of Topliss-reactive ketones (excluding diaryl/α,β-unsaturated/α-hetero) is 1. The average molecular weight is 579 g/mol. The van der Waals surface area contributed by atoms with Gasteiger partial charge in [-0.1, -0.05) is 101 Å². The lowest BCUT2D eigenvalue weighted by Crippen LogP contribution is -2.29. The predicted molar refractivity (Wildman–Crippen MR) is 175 cm³/mol. The van der Waals surface area contributed by atoms with Crippen LogP contribution in [0.4, 0.5) is 0 Å². The van der Waals surface area contributed by atoms with E-state index in [2.05, 4.69) is 107 Å².